The number of halogens is 1. The Morgan fingerprint density at radius 3 is 2.65 bits per heavy atom. The number of carbonyl (C=O) groups is 1. The molecule has 7 heteroatoms. The molecule has 2 rings (SSSR count). The highest BCUT2D eigenvalue weighted by molar-refractivity contribution is 7.99. The molecule has 1 saturated heterocycles. The Kier molecular flexibility index (Phi) is 5.35. The van der Waals surface area contributed by atoms with Gasteiger partial charge in [-0.15, -0.1) is 11.8 Å². The number of hydrogen-bond acceptors (Lipinski definition) is 4. The molecule has 1 fully saturated rings. The van der Waals surface area contributed by atoms with E-state index in [2.05, 4.69) is 5.32 Å². The van der Waals surface area contributed by atoms with Gasteiger partial charge in [-0.25, -0.2) is 8.42 Å². The van der Waals surface area contributed by atoms with E-state index >= 15 is 0 Å². The lowest BCUT2D eigenvalue weighted by Crippen LogP contribution is -2.32. The van der Waals surface area contributed by atoms with E-state index in [1.807, 2.05) is 24.3 Å². The highest BCUT2D eigenvalue weighted by atomic mass is 35.5. The van der Waals surface area contributed by atoms with E-state index in [9.17, 15) is 13.2 Å². The Morgan fingerprint density at radius 1 is 1.35 bits per heavy atom. The van der Waals surface area contributed by atoms with Crippen LogP contribution in [0.3, 0.4) is 0 Å². The van der Waals surface area contributed by atoms with Crippen molar-refractivity contribution in [2.24, 2.45) is 5.92 Å². The van der Waals surface area contributed by atoms with Crippen LogP contribution in [0, 0.1) is 5.92 Å². The molecule has 0 spiro atoms. The SMILES string of the molecule is O=C(NCCSc1ccc(Cl)cc1)[C@@H]1CCS(=O)(=O)C1. The standard InChI is InChI=1S/C13H16ClNO3S2/c14-11-1-3-12(4-2-11)19-7-6-15-13(16)10-5-8-20(17,18)9-10/h1-4,10H,5-9H2,(H,15,16)/t10-/m1/s1. The zero-order valence-corrected chi connectivity index (χ0v) is 13.2. The molecule has 110 valence electrons. The summed E-state index contributed by atoms with van der Waals surface area (Å²) in [7, 11) is -3.00. The molecule has 1 N–H and O–H groups in total. The Labute approximate surface area is 128 Å². The molecule has 1 amide bonds. The van der Waals surface area contributed by atoms with Gasteiger partial charge in [0, 0.05) is 22.2 Å². The first-order valence-corrected chi connectivity index (χ1v) is 9.51. The molecule has 0 saturated carbocycles. The molecule has 0 aromatic heterocycles. The molecular formula is C13H16ClNO3S2. The maximum Gasteiger partial charge on any atom is 0.224 e. The topological polar surface area (TPSA) is 63.2 Å². The molecule has 1 aromatic carbocycles. The zero-order chi connectivity index (χ0) is 14.6. The van der Waals surface area contributed by atoms with Gasteiger partial charge in [-0.2, -0.15) is 0 Å². The van der Waals surface area contributed by atoms with E-state index in [0.717, 1.165) is 10.6 Å². The second kappa shape index (κ2) is 6.83. The second-order valence-electron chi connectivity index (χ2n) is 4.69. The molecule has 0 radical (unpaired) electrons. The summed E-state index contributed by atoms with van der Waals surface area (Å²) in [6.45, 7) is 0.530. The number of amides is 1. The minimum Gasteiger partial charge on any atom is -0.355 e. The van der Waals surface area contributed by atoms with Gasteiger partial charge in [0.15, 0.2) is 9.84 Å². The molecule has 1 heterocycles. The van der Waals surface area contributed by atoms with E-state index in [1.165, 1.54) is 0 Å². The van der Waals surface area contributed by atoms with Crippen LogP contribution in [0.4, 0.5) is 0 Å². The predicted octanol–water partition coefficient (Wildman–Crippen LogP) is 1.98. The van der Waals surface area contributed by atoms with Gasteiger partial charge in [0.05, 0.1) is 17.4 Å². The minimum absolute atomic E-state index is 0.0108. The van der Waals surface area contributed by atoms with Crippen LogP contribution in [0.1, 0.15) is 6.42 Å². The lowest BCUT2D eigenvalue weighted by atomic mass is 10.1. The van der Waals surface area contributed by atoms with Gasteiger partial charge in [-0.1, -0.05) is 11.6 Å². The van der Waals surface area contributed by atoms with Gasteiger partial charge in [0.2, 0.25) is 5.91 Å². The van der Waals surface area contributed by atoms with Crippen LogP contribution in [-0.2, 0) is 14.6 Å². The fourth-order valence-electron chi connectivity index (χ4n) is 2.02. The summed E-state index contributed by atoms with van der Waals surface area (Å²) in [4.78, 5) is 12.9. The average Bonchev–Trinajstić information content (AvgIpc) is 2.77. The number of carbonyl (C=O) groups excluding carboxylic acids is 1. The Hall–Kier alpha value is -0.720. The normalized spacial score (nSPS) is 20.8. The third-order valence-electron chi connectivity index (χ3n) is 3.09. The third-order valence-corrected chi connectivity index (χ3v) is 6.12. The number of hydrogen-bond donors (Lipinski definition) is 1. The zero-order valence-electron chi connectivity index (χ0n) is 10.8. The quantitative estimate of drug-likeness (QED) is 0.661. The van der Waals surface area contributed by atoms with Gasteiger partial charge in [0.1, 0.15) is 0 Å². The fraction of sp³-hybridized carbons (Fsp3) is 0.462. The molecule has 0 unspecified atom stereocenters. The molecule has 0 bridgehead atoms. The number of benzene rings is 1. The van der Waals surface area contributed by atoms with Crippen LogP contribution >= 0.6 is 23.4 Å². The first kappa shape index (κ1) is 15.7. The summed E-state index contributed by atoms with van der Waals surface area (Å²) in [5.74, 6) is 0.337. The minimum atomic E-state index is -3.00. The second-order valence-corrected chi connectivity index (χ2v) is 8.53. The van der Waals surface area contributed by atoms with Gasteiger partial charge in [-0.3, -0.25) is 4.79 Å². The number of rotatable bonds is 5. The highest BCUT2D eigenvalue weighted by Gasteiger charge is 2.32. The summed E-state index contributed by atoms with van der Waals surface area (Å²) in [5, 5.41) is 3.49. The van der Waals surface area contributed by atoms with Gasteiger partial charge < -0.3 is 5.32 Å². The first-order chi connectivity index (χ1) is 9.46. The van der Waals surface area contributed by atoms with Crippen molar-refractivity contribution < 1.29 is 13.2 Å². The van der Waals surface area contributed by atoms with Gasteiger partial charge in [0.25, 0.3) is 0 Å². The van der Waals surface area contributed by atoms with E-state index in [4.69, 9.17) is 11.6 Å². The lowest BCUT2D eigenvalue weighted by molar-refractivity contribution is -0.124. The van der Waals surface area contributed by atoms with Crippen molar-refractivity contribution in [2.75, 3.05) is 23.8 Å². The largest absolute Gasteiger partial charge is 0.355 e. The molecule has 4 nitrogen and oxygen atoms in total. The summed E-state index contributed by atoms with van der Waals surface area (Å²) in [5.41, 5.74) is 0. The van der Waals surface area contributed by atoms with E-state index in [-0.39, 0.29) is 23.3 Å². The van der Waals surface area contributed by atoms with Crippen LogP contribution in [0.25, 0.3) is 0 Å². The van der Waals surface area contributed by atoms with Gasteiger partial charge >= 0.3 is 0 Å². The number of sulfone groups is 1. The Balaban J connectivity index is 1.68. The highest BCUT2D eigenvalue weighted by Crippen LogP contribution is 2.20. The van der Waals surface area contributed by atoms with Crippen molar-refractivity contribution in [3.8, 4) is 0 Å². The Bertz CT molecular complexity index is 572. The first-order valence-electron chi connectivity index (χ1n) is 6.33. The van der Waals surface area contributed by atoms with Crippen LogP contribution in [-0.4, -0.2) is 38.1 Å². The lowest BCUT2D eigenvalue weighted by Gasteiger charge is -2.09. The van der Waals surface area contributed by atoms with Crippen molar-refractivity contribution in [3.63, 3.8) is 0 Å². The molecule has 0 aliphatic carbocycles. The Morgan fingerprint density at radius 2 is 2.05 bits per heavy atom. The molecule has 1 atom stereocenters. The van der Waals surface area contributed by atoms with Crippen molar-refractivity contribution in [1.82, 2.24) is 5.32 Å². The van der Waals surface area contributed by atoms with Crippen LogP contribution in [0.5, 0.6) is 0 Å². The summed E-state index contributed by atoms with van der Waals surface area (Å²) in [6.07, 6.45) is 0.443. The average molecular weight is 334 g/mol. The molecule has 1 aliphatic rings. The maximum absolute atomic E-state index is 11.8. The van der Waals surface area contributed by atoms with E-state index in [0.29, 0.717) is 18.0 Å². The smallest absolute Gasteiger partial charge is 0.224 e. The third kappa shape index (κ3) is 4.68. The molecule has 20 heavy (non-hydrogen) atoms. The summed E-state index contributed by atoms with van der Waals surface area (Å²) < 4.78 is 22.6. The number of thioether (sulfide) groups is 1. The van der Waals surface area contributed by atoms with Crippen molar-refractivity contribution in [1.29, 1.82) is 0 Å². The monoisotopic (exact) mass is 333 g/mol. The van der Waals surface area contributed by atoms with Crippen LogP contribution in [0.2, 0.25) is 5.02 Å². The van der Waals surface area contributed by atoms with Crippen molar-refractivity contribution in [3.05, 3.63) is 29.3 Å². The summed E-state index contributed by atoms with van der Waals surface area (Å²) >= 11 is 7.42. The van der Waals surface area contributed by atoms with Crippen molar-refractivity contribution >= 4 is 39.1 Å². The number of nitrogens with one attached hydrogen (secondary N) is 1. The molecule has 1 aromatic rings. The van der Waals surface area contributed by atoms with E-state index < -0.39 is 9.84 Å². The van der Waals surface area contributed by atoms with Crippen LogP contribution < -0.4 is 5.32 Å². The van der Waals surface area contributed by atoms with Crippen molar-refractivity contribution in [2.45, 2.75) is 11.3 Å². The molecular weight excluding hydrogens is 318 g/mol. The maximum atomic E-state index is 11.8. The van der Waals surface area contributed by atoms with Gasteiger partial charge in [-0.05, 0) is 30.7 Å². The van der Waals surface area contributed by atoms with E-state index in [1.54, 1.807) is 11.8 Å². The predicted molar refractivity (Wildman–Crippen MR) is 81.9 cm³/mol. The van der Waals surface area contributed by atoms with Crippen LogP contribution in [0.15, 0.2) is 29.2 Å². The fourth-order valence-corrected chi connectivity index (χ4v) is 4.66. The summed E-state index contributed by atoms with van der Waals surface area (Å²) in [6, 6.07) is 7.51. The molecule has 1 aliphatic heterocycles.